The molecule has 0 aromatic carbocycles. The molecule has 11 heavy (non-hydrogen) atoms. The SMILES string of the molecule is [CH2]NCCCN1CCOCC1. The first-order valence-corrected chi connectivity index (χ1v) is 4.23. The Balaban J connectivity index is 1.96. The van der Waals surface area contributed by atoms with Gasteiger partial charge in [-0.2, -0.15) is 0 Å². The fraction of sp³-hybridized carbons (Fsp3) is 0.875. The van der Waals surface area contributed by atoms with Crippen molar-refractivity contribution in [2.75, 3.05) is 39.4 Å². The van der Waals surface area contributed by atoms with Gasteiger partial charge in [0.25, 0.3) is 0 Å². The Morgan fingerprint density at radius 3 is 2.73 bits per heavy atom. The summed E-state index contributed by atoms with van der Waals surface area (Å²) < 4.78 is 5.24. The molecule has 0 aromatic heterocycles. The second-order valence-electron chi connectivity index (χ2n) is 2.81. The third kappa shape index (κ3) is 3.70. The van der Waals surface area contributed by atoms with Crippen LogP contribution >= 0.6 is 0 Å². The van der Waals surface area contributed by atoms with Gasteiger partial charge in [-0.1, -0.05) is 0 Å². The van der Waals surface area contributed by atoms with Gasteiger partial charge in [0.1, 0.15) is 0 Å². The van der Waals surface area contributed by atoms with E-state index in [4.69, 9.17) is 4.74 Å². The van der Waals surface area contributed by atoms with Crippen LogP contribution in [0.4, 0.5) is 0 Å². The van der Waals surface area contributed by atoms with E-state index in [-0.39, 0.29) is 0 Å². The third-order valence-corrected chi connectivity index (χ3v) is 1.93. The summed E-state index contributed by atoms with van der Waals surface area (Å²) in [6.07, 6.45) is 1.18. The Morgan fingerprint density at radius 1 is 1.36 bits per heavy atom. The van der Waals surface area contributed by atoms with Crippen LogP contribution in [0.15, 0.2) is 0 Å². The summed E-state index contributed by atoms with van der Waals surface area (Å²) in [5.41, 5.74) is 0. The van der Waals surface area contributed by atoms with E-state index in [0.717, 1.165) is 32.8 Å². The minimum atomic E-state index is 0.901. The van der Waals surface area contributed by atoms with Gasteiger partial charge in [0.15, 0.2) is 0 Å². The van der Waals surface area contributed by atoms with Crippen LogP contribution in [0.1, 0.15) is 6.42 Å². The Morgan fingerprint density at radius 2 is 2.09 bits per heavy atom. The zero-order chi connectivity index (χ0) is 7.94. The molecule has 1 aliphatic heterocycles. The number of nitrogens with zero attached hydrogens (tertiary/aromatic N) is 1. The second kappa shape index (κ2) is 5.52. The van der Waals surface area contributed by atoms with Gasteiger partial charge in [-0.3, -0.25) is 4.90 Å². The first kappa shape index (κ1) is 8.97. The van der Waals surface area contributed by atoms with Crippen LogP contribution in [0.3, 0.4) is 0 Å². The smallest absolute Gasteiger partial charge is 0.0594 e. The molecule has 1 fully saturated rings. The fourth-order valence-corrected chi connectivity index (χ4v) is 1.25. The Labute approximate surface area is 68.7 Å². The zero-order valence-corrected chi connectivity index (χ0v) is 7.01. The van der Waals surface area contributed by atoms with Crippen LogP contribution in [0.25, 0.3) is 0 Å². The predicted octanol–water partition coefficient (Wildman–Crippen LogP) is 0.0899. The molecule has 0 amide bonds. The van der Waals surface area contributed by atoms with Gasteiger partial charge in [0.2, 0.25) is 0 Å². The maximum absolute atomic E-state index is 5.24. The molecule has 0 atom stereocenters. The summed E-state index contributed by atoms with van der Waals surface area (Å²) >= 11 is 0. The summed E-state index contributed by atoms with van der Waals surface area (Å²) in [6, 6.07) is 0. The molecule has 1 heterocycles. The fourth-order valence-electron chi connectivity index (χ4n) is 1.25. The predicted molar refractivity (Wildman–Crippen MR) is 45.2 cm³/mol. The minimum absolute atomic E-state index is 0.901. The monoisotopic (exact) mass is 157 g/mol. The first-order valence-electron chi connectivity index (χ1n) is 4.23. The highest BCUT2D eigenvalue weighted by molar-refractivity contribution is 4.61. The van der Waals surface area contributed by atoms with Crippen molar-refractivity contribution in [3.63, 3.8) is 0 Å². The molecule has 0 spiro atoms. The van der Waals surface area contributed by atoms with Crippen molar-refractivity contribution in [3.8, 4) is 0 Å². The topological polar surface area (TPSA) is 24.5 Å². The van der Waals surface area contributed by atoms with Gasteiger partial charge in [-0.25, -0.2) is 0 Å². The van der Waals surface area contributed by atoms with Crippen molar-refractivity contribution in [2.45, 2.75) is 6.42 Å². The maximum atomic E-state index is 5.24. The quantitative estimate of drug-likeness (QED) is 0.585. The highest BCUT2D eigenvalue weighted by Gasteiger charge is 2.08. The zero-order valence-electron chi connectivity index (χ0n) is 7.01. The summed E-state index contributed by atoms with van der Waals surface area (Å²) in [4.78, 5) is 2.43. The molecule has 0 saturated carbocycles. The molecule has 0 aromatic rings. The van der Waals surface area contributed by atoms with Crippen molar-refractivity contribution >= 4 is 0 Å². The number of morpholine rings is 1. The van der Waals surface area contributed by atoms with E-state index in [1.807, 2.05) is 0 Å². The number of hydrogen-bond acceptors (Lipinski definition) is 3. The van der Waals surface area contributed by atoms with Crippen molar-refractivity contribution in [1.82, 2.24) is 10.2 Å². The van der Waals surface area contributed by atoms with Crippen molar-refractivity contribution < 1.29 is 4.74 Å². The average molecular weight is 157 g/mol. The molecule has 0 bridgehead atoms. The molecule has 1 aliphatic rings. The lowest BCUT2D eigenvalue weighted by molar-refractivity contribution is 0.0375. The molecule has 0 aliphatic carbocycles. The number of ether oxygens (including phenoxy) is 1. The summed E-state index contributed by atoms with van der Waals surface area (Å²) in [6.45, 7) is 6.17. The Bertz CT molecular complexity index is 92.1. The van der Waals surface area contributed by atoms with Gasteiger partial charge in [-0.15, -0.1) is 0 Å². The van der Waals surface area contributed by atoms with Crippen molar-refractivity contribution in [2.24, 2.45) is 0 Å². The van der Waals surface area contributed by atoms with Gasteiger partial charge in [0, 0.05) is 20.1 Å². The van der Waals surface area contributed by atoms with Gasteiger partial charge in [-0.05, 0) is 19.5 Å². The van der Waals surface area contributed by atoms with E-state index in [1.54, 1.807) is 0 Å². The normalized spacial score (nSPS) is 20.5. The largest absolute Gasteiger partial charge is 0.379 e. The van der Waals surface area contributed by atoms with Crippen LogP contribution in [0.5, 0.6) is 0 Å². The number of hydrogen-bond donors (Lipinski definition) is 1. The van der Waals surface area contributed by atoms with E-state index in [9.17, 15) is 0 Å². The molecular weight excluding hydrogens is 140 g/mol. The standard InChI is InChI=1S/C8H17N2O/c1-9-3-2-4-10-5-7-11-8-6-10/h9H,1-8H2. The summed E-state index contributed by atoms with van der Waals surface area (Å²) in [5.74, 6) is 0. The number of rotatable bonds is 4. The summed E-state index contributed by atoms with van der Waals surface area (Å²) in [7, 11) is 3.58. The van der Waals surface area contributed by atoms with E-state index >= 15 is 0 Å². The highest BCUT2D eigenvalue weighted by Crippen LogP contribution is 1.96. The molecule has 1 N–H and O–H groups in total. The van der Waals surface area contributed by atoms with Crippen LogP contribution in [0, 0.1) is 7.05 Å². The first-order chi connectivity index (χ1) is 5.43. The molecule has 1 rings (SSSR count). The van der Waals surface area contributed by atoms with E-state index in [2.05, 4.69) is 17.3 Å². The van der Waals surface area contributed by atoms with Gasteiger partial charge < -0.3 is 10.1 Å². The number of nitrogens with one attached hydrogen (secondary N) is 1. The van der Waals surface area contributed by atoms with Crippen LogP contribution in [-0.2, 0) is 4.74 Å². The van der Waals surface area contributed by atoms with Gasteiger partial charge in [0.05, 0.1) is 13.2 Å². The Hall–Kier alpha value is -0.120. The molecular formula is C8H17N2O. The molecule has 3 nitrogen and oxygen atoms in total. The minimum Gasteiger partial charge on any atom is -0.379 e. The van der Waals surface area contributed by atoms with E-state index in [0.29, 0.717) is 0 Å². The molecule has 0 unspecified atom stereocenters. The van der Waals surface area contributed by atoms with Crippen LogP contribution < -0.4 is 5.32 Å². The summed E-state index contributed by atoms with van der Waals surface area (Å²) in [5, 5.41) is 2.90. The van der Waals surface area contributed by atoms with Crippen LogP contribution in [0.2, 0.25) is 0 Å². The van der Waals surface area contributed by atoms with Crippen molar-refractivity contribution in [3.05, 3.63) is 7.05 Å². The van der Waals surface area contributed by atoms with Gasteiger partial charge >= 0.3 is 0 Å². The Kier molecular flexibility index (Phi) is 4.50. The molecule has 1 saturated heterocycles. The third-order valence-electron chi connectivity index (χ3n) is 1.93. The molecule has 1 radical (unpaired) electrons. The average Bonchev–Trinajstić information content (AvgIpc) is 2.07. The molecule has 3 heteroatoms. The lowest BCUT2D eigenvalue weighted by atomic mass is 10.3. The van der Waals surface area contributed by atoms with Crippen molar-refractivity contribution in [1.29, 1.82) is 0 Å². The lowest BCUT2D eigenvalue weighted by Gasteiger charge is -2.26. The van der Waals surface area contributed by atoms with Crippen LogP contribution in [-0.4, -0.2) is 44.3 Å². The van der Waals surface area contributed by atoms with E-state index in [1.165, 1.54) is 13.0 Å². The van der Waals surface area contributed by atoms with E-state index < -0.39 is 0 Å². The lowest BCUT2D eigenvalue weighted by Crippen LogP contribution is -2.37. The second-order valence-corrected chi connectivity index (χ2v) is 2.81. The highest BCUT2D eigenvalue weighted by atomic mass is 16.5. The maximum Gasteiger partial charge on any atom is 0.0594 e. The molecule has 65 valence electrons.